The fourth-order valence-corrected chi connectivity index (χ4v) is 2.72. The van der Waals surface area contributed by atoms with Gasteiger partial charge in [-0.3, -0.25) is 9.69 Å². The highest BCUT2D eigenvalue weighted by atomic mass is 16.6. The summed E-state index contributed by atoms with van der Waals surface area (Å²) in [6, 6.07) is 9.57. The topological polar surface area (TPSA) is 70.1 Å². The Morgan fingerprint density at radius 1 is 1.36 bits per heavy atom. The Kier molecular flexibility index (Phi) is 5.77. The first-order valence-corrected chi connectivity index (χ1v) is 7.44. The number of carbonyl (C=O) groups excluding carboxylic acids is 1. The minimum absolute atomic E-state index is 0.0209. The maximum atomic E-state index is 12.2. The number of aliphatic carboxylic acids is 1. The molecule has 0 aromatic heterocycles. The van der Waals surface area contributed by atoms with Gasteiger partial charge in [0.25, 0.3) is 0 Å². The lowest BCUT2D eigenvalue weighted by atomic mass is 10.2. The van der Waals surface area contributed by atoms with Gasteiger partial charge in [0.05, 0.1) is 6.54 Å². The lowest BCUT2D eigenvalue weighted by Crippen LogP contribution is -2.43. The van der Waals surface area contributed by atoms with Crippen LogP contribution in [0.3, 0.4) is 0 Å². The third kappa shape index (κ3) is 4.73. The second kappa shape index (κ2) is 7.79. The van der Waals surface area contributed by atoms with Crippen molar-refractivity contribution in [1.82, 2.24) is 9.80 Å². The van der Waals surface area contributed by atoms with Gasteiger partial charge in [0, 0.05) is 19.1 Å². The Balaban J connectivity index is 1.84. The second-order valence-electron chi connectivity index (χ2n) is 5.62. The van der Waals surface area contributed by atoms with E-state index in [0.717, 1.165) is 18.4 Å². The molecule has 1 N–H and O–H groups in total. The fraction of sp³-hybridized carbons (Fsp3) is 0.500. The summed E-state index contributed by atoms with van der Waals surface area (Å²) in [7, 11) is 1.75. The van der Waals surface area contributed by atoms with Crippen LogP contribution in [0.5, 0.6) is 0 Å². The van der Waals surface area contributed by atoms with E-state index in [1.165, 1.54) is 0 Å². The predicted octanol–water partition coefficient (Wildman–Crippen LogP) is 1.80. The Hall–Kier alpha value is -2.08. The number of likely N-dealkylation sites (tertiary alicyclic amines) is 1. The maximum Gasteiger partial charge on any atom is 0.410 e. The third-order valence-corrected chi connectivity index (χ3v) is 3.74. The molecular weight excluding hydrogens is 284 g/mol. The normalized spacial score (nSPS) is 17.7. The van der Waals surface area contributed by atoms with Crippen LogP contribution >= 0.6 is 0 Å². The van der Waals surface area contributed by atoms with E-state index < -0.39 is 5.97 Å². The van der Waals surface area contributed by atoms with E-state index in [2.05, 4.69) is 0 Å². The average molecular weight is 306 g/mol. The zero-order chi connectivity index (χ0) is 15.9. The van der Waals surface area contributed by atoms with Crippen molar-refractivity contribution in [3.8, 4) is 0 Å². The summed E-state index contributed by atoms with van der Waals surface area (Å²) >= 11 is 0. The summed E-state index contributed by atoms with van der Waals surface area (Å²) in [5.74, 6) is -0.862. The van der Waals surface area contributed by atoms with E-state index in [9.17, 15) is 9.59 Å². The zero-order valence-electron chi connectivity index (χ0n) is 12.8. The van der Waals surface area contributed by atoms with Gasteiger partial charge in [0.1, 0.15) is 6.61 Å². The number of hydrogen-bond acceptors (Lipinski definition) is 4. The van der Waals surface area contributed by atoms with Crippen LogP contribution in [0.1, 0.15) is 18.4 Å². The number of carboxylic acids is 1. The molecule has 22 heavy (non-hydrogen) atoms. The maximum absolute atomic E-state index is 12.2. The van der Waals surface area contributed by atoms with Crippen LogP contribution in [0.2, 0.25) is 0 Å². The van der Waals surface area contributed by atoms with Gasteiger partial charge in [-0.2, -0.15) is 0 Å². The van der Waals surface area contributed by atoms with Crippen molar-refractivity contribution in [2.75, 3.05) is 26.7 Å². The van der Waals surface area contributed by atoms with E-state index in [1.807, 2.05) is 30.3 Å². The van der Waals surface area contributed by atoms with Crippen LogP contribution in [0, 0.1) is 0 Å². The molecule has 1 fully saturated rings. The molecule has 1 aromatic carbocycles. The largest absolute Gasteiger partial charge is 0.480 e. The quantitative estimate of drug-likeness (QED) is 0.868. The first-order chi connectivity index (χ1) is 10.6. The van der Waals surface area contributed by atoms with Gasteiger partial charge in [-0.25, -0.2) is 4.79 Å². The van der Waals surface area contributed by atoms with Crippen molar-refractivity contribution in [2.24, 2.45) is 0 Å². The van der Waals surface area contributed by atoms with Crippen molar-refractivity contribution in [3.05, 3.63) is 35.9 Å². The van der Waals surface area contributed by atoms with Crippen molar-refractivity contribution < 1.29 is 19.4 Å². The summed E-state index contributed by atoms with van der Waals surface area (Å²) in [6.07, 6.45) is 1.48. The molecule has 0 aliphatic carbocycles. The van der Waals surface area contributed by atoms with E-state index >= 15 is 0 Å². The van der Waals surface area contributed by atoms with Crippen LogP contribution in [0.25, 0.3) is 0 Å². The monoisotopic (exact) mass is 306 g/mol. The molecule has 1 aliphatic heterocycles. The summed E-state index contributed by atoms with van der Waals surface area (Å²) in [5, 5.41) is 8.80. The SMILES string of the molecule is CN(CC(=O)O)C[C@@H]1CCCN1C(=O)OCc1ccccc1. The zero-order valence-corrected chi connectivity index (χ0v) is 12.8. The third-order valence-electron chi connectivity index (χ3n) is 3.74. The van der Waals surface area contributed by atoms with Crippen LogP contribution in [0.15, 0.2) is 30.3 Å². The molecular formula is C16H22N2O4. The molecule has 120 valence electrons. The second-order valence-corrected chi connectivity index (χ2v) is 5.62. The van der Waals surface area contributed by atoms with Gasteiger partial charge in [-0.1, -0.05) is 30.3 Å². The minimum atomic E-state index is -0.862. The number of carboxylic acid groups (broad SMARTS) is 1. The van der Waals surface area contributed by atoms with Gasteiger partial charge in [0.15, 0.2) is 0 Å². The Bertz CT molecular complexity index is 506. The van der Waals surface area contributed by atoms with E-state index in [0.29, 0.717) is 13.1 Å². The highest BCUT2D eigenvalue weighted by molar-refractivity contribution is 5.69. The number of carbonyl (C=O) groups is 2. The molecule has 1 aromatic rings. The molecule has 0 unspecified atom stereocenters. The van der Waals surface area contributed by atoms with Crippen molar-refractivity contribution in [2.45, 2.75) is 25.5 Å². The molecule has 1 saturated heterocycles. The fourth-order valence-electron chi connectivity index (χ4n) is 2.72. The average Bonchev–Trinajstić information content (AvgIpc) is 2.93. The van der Waals surface area contributed by atoms with Crippen LogP contribution in [-0.4, -0.2) is 59.7 Å². The van der Waals surface area contributed by atoms with Gasteiger partial charge < -0.3 is 14.7 Å². The Labute approximate surface area is 130 Å². The molecule has 1 amide bonds. The molecule has 0 radical (unpaired) electrons. The number of rotatable bonds is 6. The van der Waals surface area contributed by atoms with Gasteiger partial charge in [-0.15, -0.1) is 0 Å². The molecule has 6 heteroatoms. The van der Waals surface area contributed by atoms with Gasteiger partial charge in [-0.05, 0) is 25.5 Å². The number of likely N-dealkylation sites (N-methyl/N-ethyl adjacent to an activating group) is 1. The molecule has 2 rings (SSSR count). The number of nitrogens with zero attached hydrogens (tertiary/aromatic N) is 2. The summed E-state index contributed by atoms with van der Waals surface area (Å²) < 4.78 is 5.36. The van der Waals surface area contributed by atoms with Gasteiger partial charge >= 0.3 is 12.1 Å². The number of amides is 1. The van der Waals surface area contributed by atoms with Crippen molar-refractivity contribution in [3.63, 3.8) is 0 Å². The Morgan fingerprint density at radius 2 is 2.09 bits per heavy atom. The van der Waals surface area contributed by atoms with Crippen molar-refractivity contribution in [1.29, 1.82) is 0 Å². The molecule has 0 saturated carbocycles. The molecule has 0 bridgehead atoms. The molecule has 1 aliphatic rings. The summed E-state index contributed by atoms with van der Waals surface area (Å²) in [4.78, 5) is 26.3. The van der Waals surface area contributed by atoms with E-state index in [1.54, 1.807) is 16.8 Å². The summed E-state index contributed by atoms with van der Waals surface area (Å²) in [5.41, 5.74) is 0.953. The van der Waals surface area contributed by atoms with Crippen LogP contribution in [0.4, 0.5) is 4.79 Å². The lowest BCUT2D eigenvalue weighted by molar-refractivity contribution is -0.138. The molecule has 1 heterocycles. The highest BCUT2D eigenvalue weighted by Gasteiger charge is 2.30. The highest BCUT2D eigenvalue weighted by Crippen LogP contribution is 2.19. The first-order valence-electron chi connectivity index (χ1n) is 7.44. The van der Waals surface area contributed by atoms with Gasteiger partial charge in [0.2, 0.25) is 0 Å². The summed E-state index contributed by atoms with van der Waals surface area (Å²) in [6.45, 7) is 1.45. The first kappa shape index (κ1) is 16.3. The Morgan fingerprint density at radius 3 is 2.77 bits per heavy atom. The molecule has 6 nitrogen and oxygen atoms in total. The minimum Gasteiger partial charge on any atom is -0.480 e. The van der Waals surface area contributed by atoms with Crippen molar-refractivity contribution >= 4 is 12.1 Å². The number of ether oxygens (including phenoxy) is 1. The standard InChI is InChI=1S/C16H22N2O4/c1-17(11-15(19)20)10-14-8-5-9-18(14)16(21)22-12-13-6-3-2-4-7-13/h2-4,6-7,14H,5,8-12H2,1H3,(H,19,20)/t14-/m0/s1. The van der Waals surface area contributed by atoms with E-state index in [4.69, 9.17) is 9.84 Å². The molecule has 0 spiro atoms. The number of hydrogen-bond donors (Lipinski definition) is 1. The van der Waals surface area contributed by atoms with Crippen LogP contribution < -0.4 is 0 Å². The molecule has 1 atom stereocenters. The number of benzene rings is 1. The van der Waals surface area contributed by atoms with E-state index in [-0.39, 0.29) is 25.3 Å². The predicted molar refractivity (Wildman–Crippen MR) is 81.5 cm³/mol. The van der Waals surface area contributed by atoms with Crippen LogP contribution in [-0.2, 0) is 16.1 Å². The smallest absolute Gasteiger partial charge is 0.410 e. The lowest BCUT2D eigenvalue weighted by Gasteiger charge is -2.27.